The van der Waals surface area contributed by atoms with Gasteiger partial charge in [-0.05, 0) is 38.5 Å². The van der Waals surface area contributed by atoms with Crippen LogP contribution in [0.5, 0.6) is 0 Å². The molecule has 0 spiro atoms. The third kappa shape index (κ3) is 2.70. The molecular formula is C12H15ClN4O2S. The summed E-state index contributed by atoms with van der Waals surface area (Å²) in [4.78, 5) is 0. The smallest absolute Gasteiger partial charge is 0.273 e. The Morgan fingerprint density at radius 3 is 2.50 bits per heavy atom. The Labute approximate surface area is 122 Å². The number of primary sulfonamides is 1. The molecule has 0 aliphatic heterocycles. The van der Waals surface area contributed by atoms with E-state index in [9.17, 15) is 8.42 Å². The summed E-state index contributed by atoms with van der Waals surface area (Å²) in [6, 6.07) is 5.17. The molecule has 2 rings (SSSR count). The maximum absolute atomic E-state index is 11.6. The molecule has 0 unspecified atom stereocenters. The fourth-order valence-electron chi connectivity index (χ4n) is 1.96. The van der Waals surface area contributed by atoms with Gasteiger partial charge < -0.3 is 0 Å². The fraction of sp³-hybridized carbons (Fsp3) is 0.333. The number of hydrogen-bond acceptors (Lipinski definition) is 4. The molecule has 0 fully saturated rings. The molecular weight excluding hydrogens is 300 g/mol. The fourth-order valence-corrected chi connectivity index (χ4v) is 2.85. The molecule has 0 radical (unpaired) electrons. The van der Waals surface area contributed by atoms with Crippen LogP contribution in [0.4, 0.5) is 0 Å². The van der Waals surface area contributed by atoms with E-state index in [1.165, 1.54) is 4.57 Å². The zero-order valence-corrected chi connectivity index (χ0v) is 12.9. The van der Waals surface area contributed by atoms with Crippen molar-refractivity contribution in [2.45, 2.75) is 32.0 Å². The Morgan fingerprint density at radius 1 is 1.30 bits per heavy atom. The molecule has 6 nitrogen and oxygen atoms in total. The molecule has 0 saturated carbocycles. The molecule has 20 heavy (non-hydrogen) atoms. The number of sulfonamides is 1. The monoisotopic (exact) mass is 314 g/mol. The number of nitrogens with two attached hydrogens (primary N) is 1. The standard InChI is InChI=1S/C12H15ClN4O2S/c1-7(2)17-11(15-16-12(17)20(14,18)19)10-6-9(13)5-4-8(10)3/h4-7H,1-3H3,(H2,14,18,19). The molecule has 1 aromatic heterocycles. The number of rotatable bonds is 3. The van der Waals surface area contributed by atoms with Crippen molar-refractivity contribution in [3.63, 3.8) is 0 Å². The highest BCUT2D eigenvalue weighted by atomic mass is 35.5. The lowest BCUT2D eigenvalue weighted by molar-refractivity contribution is 0.524. The predicted molar refractivity (Wildman–Crippen MR) is 77.0 cm³/mol. The number of halogens is 1. The second-order valence-corrected chi connectivity index (χ2v) is 6.67. The highest BCUT2D eigenvalue weighted by Crippen LogP contribution is 2.28. The summed E-state index contributed by atoms with van der Waals surface area (Å²) in [5.41, 5.74) is 1.65. The zero-order chi connectivity index (χ0) is 15.1. The van der Waals surface area contributed by atoms with Gasteiger partial charge in [-0.3, -0.25) is 4.57 Å². The van der Waals surface area contributed by atoms with E-state index >= 15 is 0 Å². The van der Waals surface area contributed by atoms with Gasteiger partial charge in [0.25, 0.3) is 15.2 Å². The van der Waals surface area contributed by atoms with Crippen molar-refractivity contribution < 1.29 is 8.42 Å². The molecule has 0 aliphatic carbocycles. The van der Waals surface area contributed by atoms with Gasteiger partial charge in [-0.2, -0.15) is 0 Å². The van der Waals surface area contributed by atoms with Crippen molar-refractivity contribution in [2.75, 3.05) is 0 Å². The Balaban J connectivity index is 2.76. The van der Waals surface area contributed by atoms with E-state index in [1.807, 2.05) is 26.8 Å². The van der Waals surface area contributed by atoms with Gasteiger partial charge >= 0.3 is 0 Å². The van der Waals surface area contributed by atoms with Crippen molar-refractivity contribution in [1.82, 2.24) is 14.8 Å². The highest BCUT2D eigenvalue weighted by molar-refractivity contribution is 7.89. The van der Waals surface area contributed by atoms with E-state index in [0.717, 1.165) is 11.1 Å². The molecule has 0 saturated heterocycles. The summed E-state index contributed by atoms with van der Waals surface area (Å²) in [6.07, 6.45) is 0. The van der Waals surface area contributed by atoms with Gasteiger partial charge in [0.1, 0.15) is 0 Å². The first-order chi connectivity index (χ1) is 9.21. The molecule has 1 aromatic carbocycles. The summed E-state index contributed by atoms with van der Waals surface area (Å²) in [7, 11) is -3.93. The molecule has 0 amide bonds. The van der Waals surface area contributed by atoms with Crippen molar-refractivity contribution in [3.05, 3.63) is 28.8 Å². The van der Waals surface area contributed by atoms with Gasteiger partial charge in [-0.25, -0.2) is 13.6 Å². The first-order valence-corrected chi connectivity index (χ1v) is 7.88. The van der Waals surface area contributed by atoms with Gasteiger partial charge in [-0.15, -0.1) is 10.2 Å². The summed E-state index contributed by atoms with van der Waals surface area (Å²) in [6.45, 7) is 5.56. The van der Waals surface area contributed by atoms with Crippen molar-refractivity contribution in [1.29, 1.82) is 0 Å². The molecule has 8 heteroatoms. The van der Waals surface area contributed by atoms with E-state index < -0.39 is 10.0 Å². The molecule has 108 valence electrons. The molecule has 2 aromatic rings. The third-order valence-corrected chi connectivity index (χ3v) is 3.90. The minimum Gasteiger partial charge on any atom is -0.294 e. The Bertz CT molecular complexity index is 753. The van der Waals surface area contributed by atoms with E-state index in [0.29, 0.717) is 10.8 Å². The van der Waals surface area contributed by atoms with Crippen LogP contribution in [-0.4, -0.2) is 23.2 Å². The van der Waals surface area contributed by atoms with Crippen LogP contribution in [0, 0.1) is 6.92 Å². The first-order valence-electron chi connectivity index (χ1n) is 5.96. The lowest BCUT2D eigenvalue weighted by Gasteiger charge is -2.14. The Kier molecular flexibility index (Phi) is 3.86. The average Bonchev–Trinajstić information content (AvgIpc) is 2.76. The predicted octanol–water partition coefficient (Wildman–Crippen LogP) is 2.14. The quantitative estimate of drug-likeness (QED) is 0.939. The Hall–Kier alpha value is -1.44. The number of nitrogens with zero attached hydrogens (tertiary/aromatic N) is 3. The number of aromatic nitrogens is 3. The molecule has 0 atom stereocenters. The van der Waals surface area contributed by atoms with Crippen LogP contribution >= 0.6 is 11.6 Å². The lowest BCUT2D eigenvalue weighted by atomic mass is 10.1. The lowest BCUT2D eigenvalue weighted by Crippen LogP contribution is -2.20. The third-order valence-electron chi connectivity index (χ3n) is 2.88. The van der Waals surface area contributed by atoms with Gasteiger partial charge in [-0.1, -0.05) is 17.7 Å². The number of hydrogen-bond donors (Lipinski definition) is 1. The minimum atomic E-state index is -3.93. The minimum absolute atomic E-state index is 0.160. The zero-order valence-electron chi connectivity index (χ0n) is 11.3. The largest absolute Gasteiger partial charge is 0.294 e. The summed E-state index contributed by atoms with van der Waals surface area (Å²) >= 11 is 5.99. The highest BCUT2D eigenvalue weighted by Gasteiger charge is 2.24. The summed E-state index contributed by atoms with van der Waals surface area (Å²) < 4.78 is 24.7. The maximum Gasteiger partial charge on any atom is 0.273 e. The van der Waals surface area contributed by atoms with E-state index in [-0.39, 0.29) is 11.2 Å². The van der Waals surface area contributed by atoms with E-state index in [4.69, 9.17) is 16.7 Å². The van der Waals surface area contributed by atoms with Crippen LogP contribution in [-0.2, 0) is 10.0 Å². The van der Waals surface area contributed by atoms with E-state index in [2.05, 4.69) is 10.2 Å². The number of benzene rings is 1. The second-order valence-electron chi connectivity index (χ2n) is 4.77. The SMILES string of the molecule is Cc1ccc(Cl)cc1-c1nnc(S(N)(=O)=O)n1C(C)C. The van der Waals surface area contributed by atoms with Crippen molar-refractivity contribution >= 4 is 21.6 Å². The van der Waals surface area contributed by atoms with Crippen LogP contribution in [0.15, 0.2) is 23.4 Å². The van der Waals surface area contributed by atoms with Crippen molar-refractivity contribution in [2.24, 2.45) is 5.14 Å². The van der Waals surface area contributed by atoms with Crippen LogP contribution in [0.2, 0.25) is 5.02 Å². The molecule has 1 heterocycles. The van der Waals surface area contributed by atoms with Crippen LogP contribution in [0.25, 0.3) is 11.4 Å². The maximum atomic E-state index is 11.6. The molecule has 0 bridgehead atoms. The molecule has 0 aliphatic rings. The van der Waals surface area contributed by atoms with Crippen LogP contribution in [0.1, 0.15) is 25.5 Å². The Morgan fingerprint density at radius 2 is 1.95 bits per heavy atom. The average molecular weight is 315 g/mol. The van der Waals surface area contributed by atoms with Gasteiger partial charge in [0.15, 0.2) is 5.82 Å². The number of aryl methyl sites for hydroxylation is 1. The van der Waals surface area contributed by atoms with E-state index in [1.54, 1.807) is 12.1 Å². The van der Waals surface area contributed by atoms with Crippen LogP contribution < -0.4 is 5.14 Å². The normalized spacial score (nSPS) is 12.1. The van der Waals surface area contributed by atoms with Gasteiger partial charge in [0.2, 0.25) is 0 Å². The summed E-state index contributed by atoms with van der Waals surface area (Å²) in [5.74, 6) is 0.434. The van der Waals surface area contributed by atoms with Crippen molar-refractivity contribution in [3.8, 4) is 11.4 Å². The van der Waals surface area contributed by atoms with Gasteiger partial charge in [0, 0.05) is 16.6 Å². The summed E-state index contributed by atoms with van der Waals surface area (Å²) in [5, 5.41) is 13.2. The second kappa shape index (κ2) is 5.16. The molecule has 2 N–H and O–H groups in total. The van der Waals surface area contributed by atoms with Crippen LogP contribution in [0.3, 0.4) is 0 Å². The topological polar surface area (TPSA) is 90.9 Å². The van der Waals surface area contributed by atoms with Gasteiger partial charge in [0.05, 0.1) is 0 Å². The first kappa shape index (κ1) is 15.0.